The number of nitrogens with zero attached hydrogens (tertiary/aromatic N) is 1. The summed E-state index contributed by atoms with van der Waals surface area (Å²) in [5, 5.41) is 2.77. The van der Waals surface area contributed by atoms with Crippen molar-refractivity contribution in [1.82, 2.24) is 4.90 Å². The van der Waals surface area contributed by atoms with Crippen LogP contribution in [-0.4, -0.2) is 17.0 Å². The molecule has 1 fully saturated rings. The van der Waals surface area contributed by atoms with E-state index in [4.69, 9.17) is 0 Å². The van der Waals surface area contributed by atoms with Crippen molar-refractivity contribution in [3.63, 3.8) is 0 Å². The monoisotopic (exact) mass is 353 g/mol. The zero-order chi connectivity index (χ0) is 18.2. The van der Waals surface area contributed by atoms with E-state index in [2.05, 4.69) is 84.6 Å². The van der Waals surface area contributed by atoms with Crippen molar-refractivity contribution in [3.8, 4) is 0 Å². The molecule has 0 aromatic heterocycles. The minimum absolute atomic E-state index is 0.575. The van der Waals surface area contributed by atoms with Gasteiger partial charge in [-0.05, 0) is 59.2 Å². The van der Waals surface area contributed by atoms with E-state index in [0.29, 0.717) is 12.1 Å². The second kappa shape index (κ2) is 6.98. The van der Waals surface area contributed by atoms with Gasteiger partial charge in [-0.1, -0.05) is 79.2 Å². The van der Waals surface area contributed by atoms with Crippen LogP contribution in [0.15, 0.2) is 72.8 Å². The van der Waals surface area contributed by atoms with Crippen LogP contribution in [0, 0.1) is 6.92 Å². The van der Waals surface area contributed by atoms with Crippen molar-refractivity contribution in [3.05, 3.63) is 89.5 Å². The quantitative estimate of drug-likeness (QED) is 0.529. The number of fused-ring (bicyclic) bond motifs is 3. The number of hydrogen-bond acceptors (Lipinski definition) is 1. The summed E-state index contributed by atoms with van der Waals surface area (Å²) >= 11 is 0. The maximum Gasteiger partial charge on any atom is 0.0290 e. The molecule has 2 bridgehead atoms. The molecule has 2 aliphatic heterocycles. The third-order valence-corrected chi connectivity index (χ3v) is 6.45. The van der Waals surface area contributed by atoms with Crippen molar-refractivity contribution < 1.29 is 0 Å². The molecule has 2 heterocycles. The Morgan fingerprint density at radius 1 is 0.889 bits per heavy atom. The second-order valence-corrected chi connectivity index (χ2v) is 8.18. The molecule has 0 aliphatic carbocycles. The first kappa shape index (κ1) is 16.8. The van der Waals surface area contributed by atoms with E-state index >= 15 is 0 Å². The highest BCUT2D eigenvalue weighted by Gasteiger charge is 2.34. The summed E-state index contributed by atoms with van der Waals surface area (Å²) in [6, 6.07) is 25.6. The molecule has 3 aromatic rings. The van der Waals surface area contributed by atoms with Gasteiger partial charge < -0.3 is 0 Å². The van der Waals surface area contributed by atoms with Gasteiger partial charge in [0.05, 0.1) is 0 Å². The Balaban J connectivity index is 1.54. The molecular weight excluding hydrogens is 326 g/mol. The average Bonchev–Trinajstić information content (AvgIpc) is 2.69. The Morgan fingerprint density at radius 3 is 2.56 bits per heavy atom. The molecule has 136 valence electrons. The van der Waals surface area contributed by atoms with E-state index in [-0.39, 0.29) is 0 Å². The van der Waals surface area contributed by atoms with Gasteiger partial charge in [0.1, 0.15) is 0 Å². The fourth-order valence-corrected chi connectivity index (χ4v) is 5.15. The molecule has 2 atom stereocenters. The zero-order valence-corrected chi connectivity index (χ0v) is 16.1. The van der Waals surface area contributed by atoms with Crippen LogP contribution in [0.4, 0.5) is 0 Å². The minimum atomic E-state index is 0.575. The van der Waals surface area contributed by atoms with Crippen molar-refractivity contribution in [2.75, 3.05) is 0 Å². The highest BCUT2D eigenvalue weighted by molar-refractivity contribution is 5.95. The first-order valence-electron chi connectivity index (χ1n) is 10.3. The van der Waals surface area contributed by atoms with Gasteiger partial charge in [-0.3, -0.25) is 4.90 Å². The number of hydrogen-bond donors (Lipinski definition) is 0. The maximum atomic E-state index is 2.75. The van der Waals surface area contributed by atoms with Crippen molar-refractivity contribution in [2.45, 2.75) is 51.2 Å². The van der Waals surface area contributed by atoms with E-state index in [1.54, 1.807) is 5.57 Å². The molecule has 2 aliphatic rings. The van der Waals surface area contributed by atoms with Crippen LogP contribution in [0.5, 0.6) is 0 Å². The first-order valence-corrected chi connectivity index (χ1v) is 10.3. The van der Waals surface area contributed by atoms with Crippen molar-refractivity contribution in [2.24, 2.45) is 0 Å². The lowest BCUT2D eigenvalue weighted by molar-refractivity contribution is 0.0951. The van der Waals surface area contributed by atoms with Crippen LogP contribution in [0.1, 0.15) is 42.4 Å². The molecule has 5 rings (SSSR count). The summed E-state index contributed by atoms with van der Waals surface area (Å²) in [4.78, 5) is 2.75. The van der Waals surface area contributed by atoms with Crippen LogP contribution in [0.3, 0.4) is 0 Å². The lowest BCUT2D eigenvalue weighted by Gasteiger charge is -2.45. The highest BCUT2D eigenvalue weighted by Crippen LogP contribution is 2.40. The molecule has 3 aromatic carbocycles. The summed E-state index contributed by atoms with van der Waals surface area (Å²) in [7, 11) is 0. The predicted octanol–water partition coefficient (Wildman–Crippen LogP) is 6.36. The molecule has 27 heavy (non-hydrogen) atoms. The lowest BCUT2D eigenvalue weighted by atomic mass is 9.80. The standard InChI is InChI=1S/C26H27N/c1-19-14-15-21-10-5-6-13-25(21)26(19)22-16-23-11-7-12-24(17-22)27(23)18-20-8-3-2-4-9-20/h2-6,8-10,13-16,23-24H,7,11-12,17-18H2,1H3. The number of rotatable bonds is 3. The Morgan fingerprint density at radius 2 is 1.70 bits per heavy atom. The van der Waals surface area contributed by atoms with E-state index in [1.807, 2.05) is 0 Å². The summed E-state index contributed by atoms with van der Waals surface area (Å²) < 4.78 is 0. The lowest BCUT2D eigenvalue weighted by Crippen LogP contribution is -2.47. The van der Waals surface area contributed by atoms with Crippen molar-refractivity contribution >= 4 is 16.3 Å². The predicted molar refractivity (Wildman–Crippen MR) is 115 cm³/mol. The number of benzene rings is 3. The Bertz CT molecular complexity index is 986. The van der Waals surface area contributed by atoms with Crippen LogP contribution in [0.25, 0.3) is 16.3 Å². The van der Waals surface area contributed by atoms with Gasteiger partial charge in [0.15, 0.2) is 0 Å². The number of aryl methyl sites for hydroxylation is 1. The highest BCUT2D eigenvalue weighted by atomic mass is 15.2. The smallest absolute Gasteiger partial charge is 0.0290 e. The molecule has 1 heteroatoms. The van der Waals surface area contributed by atoms with E-state index in [1.165, 1.54) is 53.1 Å². The summed E-state index contributed by atoms with van der Waals surface area (Å²) in [6.07, 6.45) is 7.74. The van der Waals surface area contributed by atoms with Crippen LogP contribution < -0.4 is 0 Å². The Hall–Kier alpha value is -2.38. The van der Waals surface area contributed by atoms with Gasteiger partial charge in [0.25, 0.3) is 0 Å². The van der Waals surface area contributed by atoms with Gasteiger partial charge in [-0.25, -0.2) is 0 Å². The summed E-state index contributed by atoms with van der Waals surface area (Å²) in [5.41, 5.74) is 5.91. The maximum absolute atomic E-state index is 2.75. The second-order valence-electron chi connectivity index (χ2n) is 8.18. The van der Waals surface area contributed by atoms with Crippen LogP contribution >= 0.6 is 0 Å². The number of piperidine rings is 1. The molecule has 0 N–H and O–H groups in total. The van der Waals surface area contributed by atoms with Gasteiger partial charge in [-0.2, -0.15) is 0 Å². The molecule has 1 nitrogen and oxygen atoms in total. The van der Waals surface area contributed by atoms with Crippen molar-refractivity contribution in [1.29, 1.82) is 0 Å². The third-order valence-electron chi connectivity index (χ3n) is 6.45. The SMILES string of the molecule is Cc1ccc2ccccc2c1C1=CC2CCCC(C1)N2Cc1ccccc1. The fraction of sp³-hybridized carbons (Fsp3) is 0.308. The van der Waals surface area contributed by atoms with E-state index < -0.39 is 0 Å². The zero-order valence-electron chi connectivity index (χ0n) is 16.1. The van der Waals surface area contributed by atoms with Crippen LogP contribution in [-0.2, 0) is 6.54 Å². The third kappa shape index (κ3) is 3.11. The van der Waals surface area contributed by atoms with Gasteiger partial charge in [0, 0.05) is 18.6 Å². The molecule has 2 unspecified atom stereocenters. The normalized spacial score (nSPS) is 22.6. The van der Waals surface area contributed by atoms with E-state index in [0.717, 1.165) is 6.54 Å². The molecular formula is C26H27N. The Kier molecular flexibility index (Phi) is 4.33. The molecule has 1 saturated heterocycles. The first-order chi connectivity index (χ1) is 13.3. The minimum Gasteiger partial charge on any atom is -0.289 e. The largest absolute Gasteiger partial charge is 0.289 e. The Labute approximate surface area is 162 Å². The fourth-order valence-electron chi connectivity index (χ4n) is 5.15. The molecule has 0 saturated carbocycles. The van der Waals surface area contributed by atoms with E-state index in [9.17, 15) is 0 Å². The summed E-state index contributed by atoms with van der Waals surface area (Å²) in [6.45, 7) is 3.35. The molecule has 0 radical (unpaired) electrons. The average molecular weight is 354 g/mol. The molecule has 0 amide bonds. The topological polar surface area (TPSA) is 3.24 Å². The summed E-state index contributed by atoms with van der Waals surface area (Å²) in [5.74, 6) is 0. The van der Waals surface area contributed by atoms with Crippen LogP contribution in [0.2, 0.25) is 0 Å². The molecule has 0 spiro atoms. The van der Waals surface area contributed by atoms with Gasteiger partial charge in [0.2, 0.25) is 0 Å². The van der Waals surface area contributed by atoms with Gasteiger partial charge in [-0.15, -0.1) is 0 Å². The van der Waals surface area contributed by atoms with Gasteiger partial charge >= 0.3 is 0 Å².